The highest BCUT2D eigenvalue weighted by molar-refractivity contribution is 5.09. The lowest BCUT2D eigenvalue weighted by atomic mass is 9.43. The molecule has 0 saturated heterocycles. The van der Waals surface area contributed by atoms with E-state index in [0.717, 1.165) is 11.8 Å². The molecule has 0 radical (unpaired) electrons. The first-order valence-electron chi connectivity index (χ1n) is 8.24. The second-order valence-electron chi connectivity index (χ2n) is 9.14. The smallest absolute Gasteiger partial charge is 0.0256 e. The van der Waals surface area contributed by atoms with Crippen LogP contribution in [0.15, 0.2) is 12.2 Å². The van der Waals surface area contributed by atoms with Gasteiger partial charge in [0.05, 0.1) is 0 Å². The van der Waals surface area contributed by atoms with Crippen LogP contribution in [-0.4, -0.2) is 0 Å². The molecule has 0 bridgehead atoms. The SMILES string of the molecule is C=C(C)CC1C(C)(C)CCC2C(C)(C)CCCC21C. The summed E-state index contributed by atoms with van der Waals surface area (Å²) in [6.45, 7) is 19.1. The third kappa shape index (κ3) is 2.52. The van der Waals surface area contributed by atoms with Gasteiger partial charge in [0.25, 0.3) is 0 Å². The van der Waals surface area contributed by atoms with Gasteiger partial charge < -0.3 is 0 Å². The maximum Gasteiger partial charge on any atom is -0.0256 e. The molecule has 0 N–H and O–H groups in total. The van der Waals surface area contributed by atoms with Crippen molar-refractivity contribution in [1.82, 2.24) is 0 Å². The molecule has 0 spiro atoms. The quantitative estimate of drug-likeness (QED) is 0.518. The van der Waals surface area contributed by atoms with Crippen molar-refractivity contribution in [3.8, 4) is 0 Å². The average Bonchev–Trinajstić information content (AvgIpc) is 2.22. The van der Waals surface area contributed by atoms with Crippen LogP contribution in [-0.2, 0) is 0 Å². The van der Waals surface area contributed by atoms with Crippen LogP contribution >= 0.6 is 0 Å². The molecule has 19 heavy (non-hydrogen) atoms. The van der Waals surface area contributed by atoms with Crippen molar-refractivity contribution in [2.75, 3.05) is 0 Å². The zero-order valence-electron chi connectivity index (χ0n) is 14.1. The Morgan fingerprint density at radius 1 is 1.00 bits per heavy atom. The van der Waals surface area contributed by atoms with Crippen molar-refractivity contribution in [3.05, 3.63) is 12.2 Å². The Morgan fingerprint density at radius 2 is 1.63 bits per heavy atom. The molecule has 2 aliphatic carbocycles. The maximum atomic E-state index is 4.22. The first-order chi connectivity index (χ1) is 8.59. The summed E-state index contributed by atoms with van der Waals surface area (Å²) >= 11 is 0. The van der Waals surface area contributed by atoms with Gasteiger partial charge in [-0.2, -0.15) is 0 Å². The Hall–Kier alpha value is -0.260. The van der Waals surface area contributed by atoms with E-state index in [4.69, 9.17) is 0 Å². The molecule has 2 saturated carbocycles. The summed E-state index contributed by atoms with van der Waals surface area (Å²) in [4.78, 5) is 0. The van der Waals surface area contributed by atoms with Gasteiger partial charge in [-0.25, -0.2) is 0 Å². The van der Waals surface area contributed by atoms with Gasteiger partial charge in [0.1, 0.15) is 0 Å². The summed E-state index contributed by atoms with van der Waals surface area (Å²) in [5.41, 5.74) is 2.93. The number of hydrogen-bond donors (Lipinski definition) is 0. The Bertz CT molecular complexity index is 360. The molecule has 0 nitrogen and oxygen atoms in total. The van der Waals surface area contributed by atoms with Crippen molar-refractivity contribution in [2.45, 2.75) is 80.1 Å². The van der Waals surface area contributed by atoms with Gasteiger partial charge in [0, 0.05) is 0 Å². The van der Waals surface area contributed by atoms with Gasteiger partial charge >= 0.3 is 0 Å². The molecule has 2 aliphatic rings. The molecule has 0 heteroatoms. The minimum atomic E-state index is 0.484. The monoisotopic (exact) mass is 262 g/mol. The predicted octanol–water partition coefficient (Wildman–Crippen LogP) is 6.22. The molecule has 0 heterocycles. The summed E-state index contributed by atoms with van der Waals surface area (Å²) in [5, 5.41) is 0. The van der Waals surface area contributed by atoms with Crippen LogP contribution in [0.5, 0.6) is 0 Å². The minimum Gasteiger partial charge on any atom is -0.100 e. The lowest BCUT2D eigenvalue weighted by Crippen LogP contribution is -2.54. The van der Waals surface area contributed by atoms with Crippen molar-refractivity contribution in [1.29, 1.82) is 0 Å². The van der Waals surface area contributed by atoms with Crippen LogP contribution < -0.4 is 0 Å². The number of fused-ring (bicyclic) bond motifs is 1. The van der Waals surface area contributed by atoms with Crippen molar-refractivity contribution in [2.24, 2.45) is 28.1 Å². The second kappa shape index (κ2) is 4.64. The Labute approximate surface area is 121 Å². The summed E-state index contributed by atoms with van der Waals surface area (Å²) in [6, 6.07) is 0. The standard InChI is InChI=1S/C19H34/c1-14(2)13-16-18(5,6)12-9-15-17(3,4)10-8-11-19(15,16)7/h15-16H,1,8-13H2,2-7H3. The molecular formula is C19H34. The molecule has 3 unspecified atom stereocenters. The van der Waals surface area contributed by atoms with Crippen molar-refractivity contribution >= 4 is 0 Å². The fraction of sp³-hybridized carbons (Fsp3) is 0.895. The summed E-state index contributed by atoms with van der Waals surface area (Å²) in [7, 11) is 0. The third-order valence-electron chi connectivity index (χ3n) is 6.65. The van der Waals surface area contributed by atoms with Gasteiger partial charge in [0.15, 0.2) is 0 Å². The third-order valence-corrected chi connectivity index (χ3v) is 6.65. The number of allylic oxidation sites excluding steroid dienone is 1. The van der Waals surface area contributed by atoms with E-state index in [9.17, 15) is 0 Å². The largest absolute Gasteiger partial charge is 0.100 e. The van der Waals surface area contributed by atoms with Crippen LogP contribution in [0.4, 0.5) is 0 Å². The van der Waals surface area contributed by atoms with Crippen LogP contribution in [0.3, 0.4) is 0 Å². The fourth-order valence-electron chi connectivity index (χ4n) is 5.74. The first kappa shape index (κ1) is 15.1. The van der Waals surface area contributed by atoms with Gasteiger partial charge in [0.2, 0.25) is 0 Å². The van der Waals surface area contributed by atoms with Gasteiger partial charge in [-0.3, -0.25) is 0 Å². The van der Waals surface area contributed by atoms with E-state index >= 15 is 0 Å². The van der Waals surface area contributed by atoms with E-state index in [1.807, 2.05) is 0 Å². The maximum absolute atomic E-state index is 4.22. The highest BCUT2D eigenvalue weighted by Crippen LogP contribution is 2.65. The lowest BCUT2D eigenvalue weighted by Gasteiger charge is -2.62. The first-order valence-corrected chi connectivity index (χ1v) is 8.24. The zero-order chi connectivity index (χ0) is 14.5. The molecule has 3 atom stereocenters. The Morgan fingerprint density at radius 3 is 2.21 bits per heavy atom. The Balaban J connectivity index is 2.38. The van der Waals surface area contributed by atoms with Gasteiger partial charge in [-0.1, -0.05) is 46.6 Å². The zero-order valence-corrected chi connectivity index (χ0v) is 14.1. The molecule has 0 aromatic heterocycles. The lowest BCUT2D eigenvalue weighted by molar-refractivity contribution is -0.122. The number of rotatable bonds is 2. The normalized spacial score (nSPS) is 40.5. The van der Waals surface area contributed by atoms with E-state index in [1.54, 1.807) is 0 Å². The highest BCUT2D eigenvalue weighted by Gasteiger charge is 2.56. The summed E-state index contributed by atoms with van der Waals surface area (Å²) in [6.07, 6.45) is 8.34. The molecule has 2 rings (SSSR count). The van der Waals surface area contributed by atoms with Crippen LogP contribution in [0.1, 0.15) is 80.1 Å². The average molecular weight is 262 g/mol. The molecule has 0 amide bonds. The molecule has 2 fully saturated rings. The van der Waals surface area contributed by atoms with Crippen LogP contribution in [0.25, 0.3) is 0 Å². The number of hydrogen-bond acceptors (Lipinski definition) is 0. The summed E-state index contributed by atoms with van der Waals surface area (Å²) in [5.74, 6) is 1.72. The van der Waals surface area contributed by atoms with Crippen LogP contribution in [0.2, 0.25) is 0 Å². The molecular weight excluding hydrogens is 228 g/mol. The molecule has 0 aliphatic heterocycles. The fourth-order valence-corrected chi connectivity index (χ4v) is 5.74. The van der Waals surface area contributed by atoms with Crippen molar-refractivity contribution < 1.29 is 0 Å². The minimum absolute atomic E-state index is 0.484. The van der Waals surface area contributed by atoms with Gasteiger partial charge in [-0.15, -0.1) is 6.58 Å². The van der Waals surface area contributed by atoms with Crippen LogP contribution in [0, 0.1) is 28.1 Å². The Kier molecular flexibility index (Phi) is 3.69. The van der Waals surface area contributed by atoms with E-state index in [0.29, 0.717) is 16.2 Å². The topological polar surface area (TPSA) is 0 Å². The molecule has 110 valence electrons. The van der Waals surface area contributed by atoms with Crippen molar-refractivity contribution in [3.63, 3.8) is 0 Å². The molecule has 0 aromatic rings. The van der Waals surface area contributed by atoms with Gasteiger partial charge in [-0.05, 0) is 67.1 Å². The highest BCUT2D eigenvalue weighted by atomic mass is 14.6. The summed E-state index contributed by atoms with van der Waals surface area (Å²) < 4.78 is 0. The predicted molar refractivity (Wildman–Crippen MR) is 85.2 cm³/mol. The van der Waals surface area contributed by atoms with E-state index in [1.165, 1.54) is 44.1 Å². The van der Waals surface area contributed by atoms with E-state index < -0.39 is 0 Å². The second-order valence-corrected chi connectivity index (χ2v) is 9.14. The molecule has 0 aromatic carbocycles. The van der Waals surface area contributed by atoms with E-state index in [-0.39, 0.29) is 0 Å². The van der Waals surface area contributed by atoms with E-state index in [2.05, 4.69) is 48.1 Å².